The minimum Gasteiger partial charge on any atom is -0.320 e. The van der Waals surface area contributed by atoms with Crippen LogP contribution in [0.1, 0.15) is 37.0 Å². The second-order valence-electron chi connectivity index (χ2n) is 6.32. The van der Waals surface area contributed by atoms with Crippen LogP contribution in [-0.4, -0.2) is 30.9 Å². The molecule has 25 heavy (non-hydrogen) atoms. The van der Waals surface area contributed by atoms with Gasteiger partial charge in [-0.2, -0.15) is 5.10 Å². The molecular formula is C18H22N6O. The van der Waals surface area contributed by atoms with Crippen molar-refractivity contribution in [1.29, 1.82) is 0 Å². The Hall–Kier alpha value is -2.96. The van der Waals surface area contributed by atoms with E-state index in [-0.39, 0.29) is 5.91 Å². The summed E-state index contributed by atoms with van der Waals surface area (Å²) in [4.78, 5) is 12.6. The number of hydrogen-bond acceptors (Lipinski definition) is 4. The van der Waals surface area contributed by atoms with E-state index in [1.54, 1.807) is 12.4 Å². The molecule has 7 heteroatoms. The predicted molar refractivity (Wildman–Crippen MR) is 96.2 cm³/mol. The fourth-order valence-electron chi connectivity index (χ4n) is 2.69. The Morgan fingerprint density at radius 3 is 2.88 bits per heavy atom. The Balaban J connectivity index is 1.84. The summed E-state index contributed by atoms with van der Waals surface area (Å²) in [5.74, 6) is 0.972. The maximum atomic E-state index is 12.6. The quantitative estimate of drug-likeness (QED) is 0.722. The molecule has 0 saturated carbocycles. The van der Waals surface area contributed by atoms with Crippen LogP contribution in [0, 0.1) is 5.92 Å². The number of carbonyl (C=O) groups is 1. The summed E-state index contributed by atoms with van der Waals surface area (Å²) in [5, 5.41) is 18.1. The van der Waals surface area contributed by atoms with Gasteiger partial charge in [0.25, 0.3) is 5.91 Å². The number of benzene rings is 1. The molecule has 0 spiro atoms. The van der Waals surface area contributed by atoms with Gasteiger partial charge in [0.05, 0.1) is 5.69 Å². The highest BCUT2D eigenvalue weighted by molar-refractivity contribution is 6.04. The van der Waals surface area contributed by atoms with E-state index < -0.39 is 0 Å². The highest BCUT2D eigenvalue weighted by Crippen LogP contribution is 2.26. The number of hydrogen-bond donors (Lipinski definition) is 2. The molecule has 2 heterocycles. The number of nitrogens with one attached hydrogen (secondary N) is 2. The van der Waals surface area contributed by atoms with Gasteiger partial charge in [-0.15, -0.1) is 10.2 Å². The Morgan fingerprint density at radius 2 is 2.12 bits per heavy atom. The molecule has 7 nitrogen and oxygen atoms in total. The summed E-state index contributed by atoms with van der Waals surface area (Å²) >= 11 is 0. The number of amides is 1. The van der Waals surface area contributed by atoms with Crippen LogP contribution < -0.4 is 5.32 Å². The van der Waals surface area contributed by atoms with Gasteiger partial charge in [0.15, 0.2) is 11.5 Å². The van der Waals surface area contributed by atoms with Gasteiger partial charge >= 0.3 is 0 Å². The van der Waals surface area contributed by atoms with E-state index in [1.165, 1.54) is 0 Å². The van der Waals surface area contributed by atoms with E-state index in [0.29, 0.717) is 17.3 Å². The molecule has 0 aliphatic rings. The van der Waals surface area contributed by atoms with E-state index >= 15 is 0 Å². The lowest BCUT2D eigenvalue weighted by Gasteiger charge is -2.10. The molecule has 0 radical (unpaired) electrons. The van der Waals surface area contributed by atoms with Gasteiger partial charge in [-0.25, -0.2) is 0 Å². The molecule has 0 aliphatic heterocycles. The van der Waals surface area contributed by atoms with Crippen molar-refractivity contribution >= 4 is 11.6 Å². The summed E-state index contributed by atoms with van der Waals surface area (Å²) in [6.07, 6.45) is 2.54. The number of carbonyl (C=O) groups excluding carboxylic acids is 1. The average molecular weight is 338 g/mol. The van der Waals surface area contributed by atoms with Crippen LogP contribution in [0.5, 0.6) is 0 Å². The molecule has 130 valence electrons. The number of aryl methyl sites for hydroxylation is 1. The topological polar surface area (TPSA) is 88.5 Å². The van der Waals surface area contributed by atoms with Crippen LogP contribution in [0.15, 0.2) is 36.7 Å². The number of anilines is 1. The van der Waals surface area contributed by atoms with E-state index in [0.717, 1.165) is 30.0 Å². The minimum absolute atomic E-state index is 0.249. The Kier molecular flexibility index (Phi) is 4.92. The van der Waals surface area contributed by atoms with Crippen molar-refractivity contribution in [2.75, 3.05) is 5.32 Å². The summed E-state index contributed by atoms with van der Waals surface area (Å²) in [6.45, 7) is 7.03. The molecule has 0 bridgehead atoms. The van der Waals surface area contributed by atoms with Gasteiger partial charge in [0.2, 0.25) is 0 Å². The van der Waals surface area contributed by atoms with Gasteiger partial charge in [-0.1, -0.05) is 26.0 Å². The first kappa shape index (κ1) is 16.9. The van der Waals surface area contributed by atoms with E-state index in [2.05, 4.69) is 39.6 Å². The fraction of sp³-hybridized carbons (Fsp3) is 0.333. The van der Waals surface area contributed by atoms with Crippen LogP contribution in [0.25, 0.3) is 11.4 Å². The van der Waals surface area contributed by atoms with E-state index in [4.69, 9.17) is 0 Å². The zero-order chi connectivity index (χ0) is 17.8. The smallest absolute Gasteiger partial charge is 0.276 e. The average Bonchev–Trinajstić information content (AvgIpc) is 3.23. The van der Waals surface area contributed by atoms with Crippen molar-refractivity contribution in [2.45, 2.75) is 33.7 Å². The number of aromatic nitrogens is 5. The molecular weight excluding hydrogens is 316 g/mol. The number of H-pyrrole nitrogens is 1. The first-order valence-corrected chi connectivity index (χ1v) is 8.41. The second kappa shape index (κ2) is 7.29. The lowest BCUT2D eigenvalue weighted by molar-refractivity contribution is 0.102. The lowest BCUT2D eigenvalue weighted by Crippen LogP contribution is -2.13. The van der Waals surface area contributed by atoms with Crippen molar-refractivity contribution in [3.8, 4) is 11.4 Å². The maximum absolute atomic E-state index is 12.6. The molecule has 0 aliphatic carbocycles. The van der Waals surface area contributed by atoms with Crippen molar-refractivity contribution < 1.29 is 4.79 Å². The van der Waals surface area contributed by atoms with Gasteiger partial charge in [0, 0.05) is 17.8 Å². The molecule has 1 aromatic carbocycles. The third kappa shape index (κ3) is 3.76. The van der Waals surface area contributed by atoms with Crippen molar-refractivity contribution in [3.63, 3.8) is 0 Å². The molecule has 2 N–H and O–H groups in total. The summed E-state index contributed by atoms with van der Waals surface area (Å²) in [7, 11) is 0. The zero-order valence-corrected chi connectivity index (χ0v) is 14.7. The van der Waals surface area contributed by atoms with Gasteiger partial charge < -0.3 is 9.88 Å². The molecule has 0 unspecified atom stereocenters. The summed E-state index contributed by atoms with van der Waals surface area (Å²) in [5.41, 5.74) is 2.85. The lowest BCUT2D eigenvalue weighted by atomic mass is 10.1. The number of para-hydroxylation sites is 1. The largest absolute Gasteiger partial charge is 0.320 e. The van der Waals surface area contributed by atoms with E-state index in [1.807, 2.05) is 35.8 Å². The second-order valence-corrected chi connectivity index (χ2v) is 6.32. The fourth-order valence-corrected chi connectivity index (χ4v) is 2.69. The monoisotopic (exact) mass is 338 g/mol. The number of nitrogens with zero attached hydrogens (tertiary/aromatic N) is 4. The first-order valence-electron chi connectivity index (χ1n) is 8.41. The number of aromatic amines is 1. The van der Waals surface area contributed by atoms with Gasteiger partial charge in [-0.3, -0.25) is 9.89 Å². The molecule has 0 saturated heterocycles. The Bertz CT molecular complexity index is 864. The Morgan fingerprint density at radius 1 is 1.32 bits per heavy atom. The Labute approximate surface area is 146 Å². The SMILES string of the molecule is CCn1cnnc1-c1ccccc1NC(=O)c1cc(CC(C)C)[nH]n1. The highest BCUT2D eigenvalue weighted by Gasteiger charge is 2.16. The summed E-state index contributed by atoms with van der Waals surface area (Å²) < 4.78 is 1.93. The van der Waals surface area contributed by atoms with Gasteiger partial charge in [-0.05, 0) is 37.5 Å². The summed E-state index contributed by atoms with van der Waals surface area (Å²) in [6, 6.07) is 9.35. The third-order valence-corrected chi connectivity index (χ3v) is 3.86. The number of rotatable bonds is 6. The van der Waals surface area contributed by atoms with Crippen LogP contribution >= 0.6 is 0 Å². The third-order valence-electron chi connectivity index (χ3n) is 3.86. The first-order chi connectivity index (χ1) is 12.1. The molecule has 1 amide bonds. The normalized spacial score (nSPS) is 11.0. The van der Waals surface area contributed by atoms with Crippen LogP contribution in [-0.2, 0) is 13.0 Å². The van der Waals surface area contributed by atoms with Crippen molar-refractivity contribution in [3.05, 3.63) is 48.0 Å². The minimum atomic E-state index is -0.249. The molecule has 2 aromatic heterocycles. The molecule has 0 atom stereocenters. The molecule has 3 rings (SSSR count). The van der Waals surface area contributed by atoms with Crippen molar-refractivity contribution in [2.24, 2.45) is 5.92 Å². The molecule has 3 aromatic rings. The van der Waals surface area contributed by atoms with Crippen LogP contribution in [0.4, 0.5) is 5.69 Å². The van der Waals surface area contributed by atoms with Gasteiger partial charge in [0.1, 0.15) is 6.33 Å². The van der Waals surface area contributed by atoms with E-state index in [9.17, 15) is 4.79 Å². The highest BCUT2D eigenvalue weighted by atomic mass is 16.1. The molecule has 0 fully saturated rings. The standard InChI is InChI=1S/C18H22N6O/c1-4-24-11-19-23-17(24)14-7-5-6-8-15(14)20-18(25)16-10-13(21-22-16)9-12(2)3/h5-8,10-12H,4,9H2,1-3H3,(H,20,25)(H,21,22). The predicted octanol–water partition coefficient (Wildman–Crippen LogP) is 3.14. The maximum Gasteiger partial charge on any atom is 0.276 e. The van der Waals surface area contributed by atoms with Crippen molar-refractivity contribution in [1.82, 2.24) is 25.0 Å². The zero-order valence-electron chi connectivity index (χ0n) is 14.7. The van der Waals surface area contributed by atoms with Crippen LogP contribution in [0.2, 0.25) is 0 Å². The van der Waals surface area contributed by atoms with Crippen LogP contribution in [0.3, 0.4) is 0 Å².